The van der Waals surface area contributed by atoms with Crippen LogP contribution in [0.25, 0.3) is 10.9 Å². The molecule has 1 unspecified atom stereocenters. The van der Waals surface area contributed by atoms with Gasteiger partial charge in [0.15, 0.2) is 0 Å². The lowest BCUT2D eigenvalue weighted by atomic mass is 9.95. The van der Waals surface area contributed by atoms with Gasteiger partial charge in [-0.25, -0.2) is 8.78 Å². The molecule has 0 fully saturated rings. The standard InChI is InChI=1S/C18H16F2N2O2/c1-18(24,14-4-3-13(19)9-15(14)20)10-22-17(23)12-2-5-16-11(8-12)6-7-21-16/h2-9,21,24H,10H2,1H3,(H,22,23). The van der Waals surface area contributed by atoms with E-state index in [0.717, 1.165) is 17.0 Å². The van der Waals surface area contributed by atoms with Crippen molar-refractivity contribution in [3.63, 3.8) is 0 Å². The molecule has 1 amide bonds. The fraction of sp³-hybridized carbons (Fsp3) is 0.167. The van der Waals surface area contributed by atoms with E-state index in [9.17, 15) is 18.7 Å². The van der Waals surface area contributed by atoms with Gasteiger partial charge in [0.25, 0.3) is 5.91 Å². The second-order valence-electron chi connectivity index (χ2n) is 5.86. The van der Waals surface area contributed by atoms with Gasteiger partial charge in [-0.15, -0.1) is 0 Å². The summed E-state index contributed by atoms with van der Waals surface area (Å²) in [5, 5.41) is 13.9. The van der Waals surface area contributed by atoms with E-state index in [4.69, 9.17) is 0 Å². The van der Waals surface area contributed by atoms with Gasteiger partial charge in [-0.05, 0) is 37.3 Å². The molecule has 0 aliphatic rings. The van der Waals surface area contributed by atoms with Crippen molar-refractivity contribution in [3.05, 3.63) is 71.4 Å². The van der Waals surface area contributed by atoms with Crippen LogP contribution in [0.1, 0.15) is 22.8 Å². The molecule has 4 nitrogen and oxygen atoms in total. The first-order chi connectivity index (χ1) is 11.4. The average molecular weight is 330 g/mol. The molecule has 1 atom stereocenters. The Morgan fingerprint density at radius 3 is 2.75 bits per heavy atom. The number of amides is 1. The average Bonchev–Trinajstić information content (AvgIpc) is 2.99. The van der Waals surface area contributed by atoms with Crippen molar-refractivity contribution in [3.8, 4) is 0 Å². The Balaban J connectivity index is 1.74. The lowest BCUT2D eigenvalue weighted by Crippen LogP contribution is -2.39. The predicted octanol–water partition coefficient (Wildman–Crippen LogP) is 3.08. The van der Waals surface area contributed by atoms with Gasteiger partial charge >= 0.3 is 0 Å². The van der Waals surface area contributed by atoms with Crippen LogP contribution in [-0.2, 0) is 5.60 Å². The highest BCUT2D eigenvalue weighted by Crippen LogP contribution is 2.23. The van der Waals surface area contributed by atoms with Crippen LogP contribution in [-0.4, -0.2) is 22.5 Å². The van der Waals surface area contributed by atoms with Crippen molar-refractivity contribution >= 4 is 16.8 Å². The van der Waals surface area contributed by atoms with Gasteiger partial charge in [0.1, 0.15) is 17.2 Å². The van der Waals surface area contributed by atoms with Crippen LogP contribution in [0.5, 0.6) is 0 Å². The van der Waals surface area contributed by atoms with Crippen molar-refractivity contribution in [2.75, 3.05) is 6.54 Å². The minimum absolute atomic E-state index is 0.0784. The van der Waals surface area contributed by atoms with Crippen LogP contribution in [0.2, 0.25) is 0 Å². The summed E-state index contributed by atoms with van der Waals surface area (Å²) in [6.07, 6.45) is 1.77. The van der Waals surface area contributed by atoms with Crippen molar-refractivity contribution in [1.82, 2.24) is 10.3 Å². The zero-order valence-electron chi connectivity index (χ0n) is 12.9. The minimum Gasteiger partial charge on any atom is -0.383 e. The molecule has 24 heavy (non-hydrogen) atoms. The highest BCUT2D eigenvalue weighted by atomic mass is 19.1. The van der Waals surface area contributed by atoms with Gasteiger partial charge in [-0.2, -0.15) is 0 Å². The van der Waals surface area contributed by atoms with E-state index < -0.39 is 17.2 Å². The number of benzene rings is 2. The lowest BCUT2D eigenvalue weighted by molar-refractivity contribution is 0.0494. The summed E-state index contributed by atoms with van der Waals surface area (Å²) in [5.74, 6) is -1.97. The van der Waals surface area contributed by atoms with Crippen LogP contribution in [0, 0.1) is 11.6 Å². The fourth-order valence-corrected chi connectivity index (χ4v) is 2.57. The number of aromatic amines is 1. The summed E-state index contributed by atoms with van der Waals surface area (Å²) in [4.78, 5) is 15.3. The Morgan fingerprint density at radius 1 is 1.21 bits per heavy atom. The van der Waals surface area contributed by atoms with Gasteiger partial charge in [0.2, 0.25) is 0 Å². The first kappa shape index (κ1) is 16.1. The molecule has 0 aliphatic heterocycles. The molecule has 0 spiro atoms. The highest BCUT2D eigenvalue weighted by Gasteiger charge is 2.27. The van der Waals surface area contributed by atoms with E-state index >= 15 is 0 Å². The molecule has 2 aromatic carbocycles. The molecule has 0 saturated heterocycles. The molecule has 124 valence electrons. The van der Waals surface area contributed by atoms with Crippen molar-refractivity contribution in [2.24, 2.45) is 0 Å². The van der Waals surface area contributed by atoms with E-state index in [-0.39, 0.29) is 18.0 Å². The van der Waals surface area contributed by atoms with Crippen molar-refractivity contribution < 1.29 is 18.7 Å². The van der Waals surface area contributed by atoms with E-state index in [1.54, 1.807) is 24.4 Å². The summed E-state index contributed by atoms with van der Waals surface area (Å²) < 4.78 is 26.8. The van der Waals surface area contributed by atoms with Gasteiger partial charge in [0, 0.05) is 34.3 Å². The number of H-pyrrole nitrogens is 1. The van der Waals surface area contributed by atoms with Gasteiger partial charge in [-0.1, -0.05) is 6.07 Å². The molecular weight excluding hydrogens is 314 g/mol. The number of hydrogen-bond acceptors (Lipinski definition) is 2. The quantitative estimate of drug-likeness (QED) is 0.688. The fourth-order valence-electron chi connectivity index (χ4n) is 2.57. The molecule has 1 heterocycles. The minimum atomic E-state index is -1.66. The Bertz CT molecular complexity index is 903. The van der Waals surface area contributed by atoms with Crippen LogP contribution < -0.4 is 5.32 Å². The van der Waals surface area contributed by atoms with Gasteiger partial charge in [0.05, 0.1) is 6.54 Å². The highest BCUT2D eigenvalue weighted by molar-refractivity contribution is 5.98. The first-order valence-corrected chi connectivity index (χ1v) is 7.40. The number of halogens is 2. The molecule has 0 radical (unpaired) electrons. The topological polar surface area (TPSA) is 65.1 Å². The van der Waals surface area contributed by atoms with Crippen LogP contribution in [0.15, 0.2) is 48.7 Å². The molecule has 6 heteroatoms. The first-order valence-electron chi connectivity index (χ1n) is 7.40. The number of rotatable bonds is 4. The number of carbonyl (C=O) groups excluding carboxylic acids is 1. The Morgan fingerprint density at radius 2 is 2.00 bits per heavy atom. The third kappa shape index (κ3) is 3.14. The molecule has 3 rings (SSSR count). The Labute approximate surface area is 137 Å². The molecule has 3 N–H and O–H groups in total. The maximum absolute atomic E-state index is 13.8. The van der Waals surface area contributed by atoms with Crippen LogP contribution >= 0.6 is 0 Å². The molecule has 1 aromatic heterocycles. The number of aromatic nitrogens is 1. The van der Waals surface area contributed by atoms with Gasteiger partial charge < -0.3 is 15.4 Å². The SMILES string of the molecule is CC(O)(CNC(=O)c1ccc2[nH]ccc2c1)c1ccc(F)cc1F. The largest absolute Gasteiger partial charge is 0.383 e. The molecule has 0 saturated carbocycles. The van der Waals surface area contributed by atoms with E-state index in [0.29, 0.717) is 11.6 Å². The summed E-state index contributed by atoms with van der Waals surface area (Å²) in [5.41, 5.74) is -0.402. The number of nitrogens with one attached hydrogen (secondary N) is 2. The number of hydrogen-bond donors (Lipinski definition) is 3. The molecule has 0 bridgehead atoms. The maximum atomic E-state index is 13.8. The Hall–Kier alpha value is -2.73. The smallest absolute Gasteiger partial charge is 0.251 e. The number of carbonyl (C=O) groups is 1. The van der Waals surface area contributed by atoms with Crippen LogP contribution in [0.4, 0.5) is 8.78 Å². The molecular formula is C18H16F2N2O2. The maximum Gasteiger partial charge on any atom is 0.251 e. The Kier molecular flexibility index (Phi) is 4.07. The van der Waals surface area contributed by atoms with E-state index in [1.807, 2.05) is 6.07 Å². The monoisotopic (exact) mass is 330 g/mol. The van der Waals surface area contributed by atoms with E-state index in [1.165, 1.54) is 13.0 Å². The van der Waals surface area contributed by atoms with Crippen molar-refractivity contribution in [2.45, 2.75) is 12.5 Å². The second-order valence-corrected chi connectivity index (χ2v) is 5.86. The summed E-state index contributed by atoms with van der Waals surface area (Å²) in [6, 6.07) is 9.93. The number of aliphatic hydroxyl groups is 1. The van der Waals surface area contributed by atoms with Gasteiger partial charge in [-0.3, -0.25) is 4.79 Å². The summed E-state index contributed by atoms with van der Waals surface area (Å²) >= 11 is 0. The summed E-state index contributed by atoms with van der Waals surface area (Å²) in [6.45, 7) is 1.15. The summed E-state index contributed by atoms with van der Waals surface area (Å²) in [7, 11) is 0. The predicted molar refractivity (Wildman–Crippen MR) is 86.6 cm³/mol. The molecule has 0 aliphatic carbocycles. The lowest BCUT2D eigenvalue weighted by Gasteiger charge is -2.24. The zero-order chi connectivity index (χ0) is 17.3. The third-order valence-corrected chi connectivity index (χ3v) is 3.92. The molecule has 3 aromatic rings. The number of fused-ring (bicyclic) bond motifs is 1. The van der Waals surface area contributed by atoms with E-state index in [2.05, 4.69) is 10.3 Å². The van der Waals surface area contributed by atoms with Crippen LogP contribution in [0.3, 0.4) is 0 Å². The zero-order valence-corrected chi connectivity index (χ0v) is 12.9. The third-order valence-electron chi connectivity index (χ3n) is 3.92. The second kappa shape index (κ2) is 6.05. The normalized spacial score (nSPS) is 13.7. The van der Waals surface area contributed by atoms with Crippen molar-refractivity contribution in [1.29, 1.82) is 0 Å².